The molecule has 0 amide bonds. The molecular weight excluding hydrogens is 660 g/mol. The number of carbonyl (C=O) groups excluding carboxylic acids is 5. The molecule has 276 valence electrons. The average Bonchev–Trinajstić information content (AvgIpc) is 3.64. The maximum atomic E-state index is 14.3. The Kier molecular flexibility index (Phi) is 10.8. The largest absolute Gasteiger partial charge is 0.481 e. The number of ketones is 1. The fraction of sp³-hybridized carbons (Fsp3) is 0.657. The van der Waals surface area contributed by atoms with Crippen LogP contribution in [0.2, 0.25) is 0 Å². The molecule has 2 saturated carbocycles. The molecule has 0 radical (unpaired) electrons. The van der Waals surface area contributed by atoms with Gasteiger partial charge in [-0.1, -0.05) is 40.7 Å². The Bertz CT molecular complexity index is 1520. The summed E-state index contributed by atoms with van der Waals surface area (Å²) in [5.41, 5.74) is -8.30. The summed E-state index contributed by atoms with van der Waals surface area (Å²) in [6.45, 7) is 11.8. The van der Waals surface area contributed by atoms with Crippen LogP contribution in [0, 0.1) is 28.6 Å². The number of furan rings is 1. The summed E-state index contributed by atoms with van der Waals surface area (Å²) < 4.78 is 28.4. The van der Waals surface area contributed by atoms with Crippen LogP contribution in [-0.4, -0.2) is 98.8 Å². The average molecular weight is 707 g/mol. The second kappa shape index (κ2) is 13.9. The fourth-order valence-electron chi connectivity index (χ4n) is 8.85. The van der Waals surface area contributed by atoms with Crippen molar-refractivity contribution in [1.82, 2.24) is 0 Å². The van der Waals surface area contributed by atoms with Gasteiger partial charge in [-0.05, 0) is 30.0 Å². The molecule has 1 saturated heterocycles. The van der Waals surface area contributed by atoms with E-state index in [2.05, 4.69) is 6.58 Å². The van der Waals surface area contributed by atoms with Gasteiger partial charge in [0.15, 0.2) is 17.5 Å². The van der Waals surface area contributed by atoms with E-state index >= 15 is 0 Å². The quantitative estimate of drug-likeness (QED) is 0.105. The van der Waals surface area contributed by atoms with Crippen molar-refractivity contribution in [1.29, 1.82) is 0 Å². The lowest BCUT2D eigenvalue weighted by atomic mass is 9.46. The number of cyclic esters (lactones) is 1. The first-order chi connectivity index (χ1) is 23.3. The smallest absolute Gasteiger partial charge is 0.335 e. The summed E-state index contributed by atoms with van der Waals surface area (Å²) in [5, 5.41) is 44.6. The van der Waals surface area contributed by atoms with E-state index in [1.165, 1.54) is 33.3 Å². The SMILES string of the molecule is C=C1C([C@]2(C)C(CC(=O)O)[C@@](C)(CO)OC(=O)C[C@H]2OC(C)=O)[C@@H](OC=O)[C@H](OC(=O)[C@@H](O)[C@@H](C)CC)[C@@]2(C)[C@H](c3ccoc3)CC(=O)[C@]12O. The van der Waals surface area contributed by atoms with Gasteiger partial charge in [0, 0.05) is 36.5 Å². The van der Waals surface area contributed by atoms with Gasteiger partial charge in [0.1, 0.15) is 23.9 Å². The molecule has 2 aliphatic carbocycles. The van der Waals surface area contributed by atoms with Crippen LogP contribution in [0.25, 0.3) is 0 Å². The van der Waals surface area contributed by atoms with Crippen LogP contribution < -0.4 is 0 Å². The molecule has 0 bridgehead atoms. The highest BCUT2D eigenvalue weighted by Gasteiger charge is 2.77. The molecule has 0 aromatic carbocycles. The van der Waals surface area contributed by atoms with Gasteiger partial charge in [-0.2, -0.15) is 0 Å². The summed E-state index contributed by atoms with van der Waals surface area (Å²) in [6.07, 6.45) is -5.55. The highest BCUT2D eigenvalue weighted by Crippen LogP contribution is 2.68. The van der Waals surface area contributed by atoms with Crippen molar-refractivity contribution < 1.29 is 72.6 Å². The zero-order chi connectivity index (χ0) is 37.6. The number of rotatable bonds is 12. The van der Waals surface area contributed by atoms with Crippen LogP contribution in [0.1, 0.15) is 78.7 Å². The maximum Gasteiger partial charge on any atom is 0.335 e. The van der Waals surface area contributed by atoms with E-state index in [1.54, 1.807) is 19.9 Å². The van der Waals surface area contributed by atoms with E-state index in [9.17, 15) is 49.2 Å². The van der Waals surface area contributed by atoms with Crippen LogP contribution in [-0.2, 0) is 47.7 Å². The maximum absolute atomic E-state index is 14.3. The molecule has 4 rings (SSSR count). The monoisotopic (exact) mass is 706 g/mol. The predicted molar refractivity (Wildman–Crippen MR) is 169 cm³/mol. The number of fused-ring (bicyclic) bond motifs is 1. The van der Waals surface area contributed by atoms with E-state index in [0.29, 0.717) is 12.0 Å². The molecule has 3 aliphatic rings. The number of Topliss-reactive ketones (excluding diaryl/α,β-unsaturated/α-hetero) is 1. The van der Waals surface area contributed by atoms with Crippen LogP contribution in [0.3, 0.4) is 0 Å². The zero-order valence-electron chi connectivity index (χ0n) is 29.0. The van der Waals surface area contributed by atoms with Gasteiger partial charge < -0.3 is 43.8 Å². The topological polar surface area (TPSA) is 233 Å². The summed E-state index contributed by atoms with van der Waals surface area (Å²) in [5.74, 6) is -9.88. The van der Waals surface area contributed by atoms with Gasteiger partial charge in [-0.3, -0.25) is 24.0 Å². The van der Waals surface area contributed by atoms with Crippen molar-refractivity contribution in [2.24, 2.45) is 28.6 Å². The number of carboxylic acid groups (broad SMARTS) is 1. The lowest BCUT2D eigenvalue weighted by Crippen LogP contribution is -2.72. The van der Waals surface area contributed by atoms with E-state index in [4.69, 9.17) is 23.4 Å². The van der Waals surface area contributed by atoms with Crippen molar-refractivity contribution in [3.63, 3.8) is 0 Å². The molecule has 1 aliphatic heterocycles. The van der Waals surface area contributed by atoms with Crippen molar-refractivity contribution in [2.75, 3.05) is 6.61 Å². The summed E-state index contributed by atoms with van der Waals surface area (Å²) in [4.78, 5) is 78.7. The normalized spacial score (nSPS) is 38.2. The van der Waals surface area contributed by atoms with Gasteiger partial charge in [-0.15, -0.1) is 0 Å². The van der Waals surface area contributed by atoms with Gasteiger partial charge in [0.05, 0.1) is 37.4 Å². The van der Waals surface area contributed by atoms with Crippen LogP contribution in [0.15, 0.2) is 35.2 Å². The van der Waals surface area contributed by atoms with E-state index < -0.39 is 119 Å². The van der Waals surface area contributed by atoms with Crippen molar-refractivity contribution >= 4 is 36.1 Å². The van der Waals surface area contributed by atoms with Crippen LogP contribution in [0.5, 0.6) is 0 Å². The third kappa shape index (κ3) is 5.92. The standard InChI is InChI=1S/C35H46O15/c1-8-17(2)28(43)31(44)49-30-29(47-16-37)27(18(3)35(45)23(39)11-21(34(30,35)7)20-9-10-46-14-20)33(6)22(12-25(40)41)32(5,15-36)50-26(42)13-24(33)48-19(4)38/h9-10,14,16-17,21-22,24,27-30,36,43,45H,3,8,11-13,15H2,1-2,4-7H3,(H,40,41)/t17-,21-,22?,24+,27?,28-,29+,30-,32+,33+,34+,35+/m0/s1. The third-order valence-electron chi connectivity index (χ3n) is 11.7. The first-order valence-corrected chi connectivity index (χ1v) is 16.5. The minimum atomic E-state index is -2.60. The van der Waals surface area contributed by atoms with E-state index in [0.717, 1.165) is 6.92 Å². The Balaban J connectivity index is 2.11. The molecule has 0 spiro atoms. The number of esters is 3. The van der Waals surface area contributed by atoms with Gasteiger partial charge in [-0.25, -0.2) is 4.79 Å². The number of hydrogen-bond donors (Lipinski definition) is 4. The molecule has 15 nitrogen and oxygen atoms in total. The first-order valence-electron chi connectivity index (χ1n) is 16.5. The minimum Gasteiger partial charge on any atom is -0.481 e. The molecule has 4 N–H and O–H groups in total. The van der Waals surface area contributed by atoms with Crippen molar-refractivity contribution in [3.05, 3.63) is 36.3 Å². The summed E-state index contributed by atoms with van der Waals surface area (Å²) in [6, 6.07) is 1.55. The first kappa shape index (κ1) is 38.7. The number of aliphatic carboxylic acids is 1. The minimum absolute atomic E-state index is 0.0360. The lowest BCUT2D eigenvalue weighted by molar-refractivity contribution is -0.238. The Morgan fingerprint density at radius 2 is 1.82 bits per heavy atom. The van der Waals surface area contributed by atoms with E-state index in [-0.39, 0.29) is 18.5 Å². The second-order valence-electron chi connectivity index (χ2n) is 14.4. The molecule has 50 heavy (non-hydrogen) atoms. The molecule has 2 unspecified atom stereocenters. The fourth-order valence-corrected chi connectivity index (χ4v) is 8.85. The molecule has 3 fully saturated rings. The summed E-state index contributed by atoms with van der Waals surface area (Å²) in [7, 11) is 0. The molecular formula is C35H46O15. The molecule has 15 heteroatoms. The highest BCUT2D eigenvalue weighted by atomic mass is 16.6. The van der Waals surface area contributed by atoms with Gasteiger partial charge in [0.2, 0.25) is 0 Å². The van der Waals surface area contributed by atoms with Gasteiger partial charge >= 0.3 is 23.9 Å². The lowest BCUT2D eigenvalue weighted by Gasteiger charge is -2.61. The van der Waals surface area contributed by atoms with E-state index in [1.807, 2.05) is 0 Å². The van der Waals surface area contributed by atoms with Crippen molar-refractivity contribution in [2.45, 2.75) is 109 Å². The Labute approximate surface area is 288 Å². The highest BCUT2D eigenvalue weighted by molar-refractivity contribution is 5.96. The predicted octanol–water partition coefficient (Wildman–Crippen LogP) is 1.85. The Morgan fingerprint density at radius 3 is 2.34 bits per heavy atom. The number of ether oxygens (including phenoxy) is 4. The van der Waals surface area contributed by atoms with Crippen molar-refractivity contribution in [3.8, 4) is 0 Å². The number of hydrogen-bond acceptors (Lipinski definition) is 14. The Hall–Kier alpha value is -4.08. The number of carboxylic acids is 1. The Morgan fingerprint density at radius 1 is 1.16 bits per heavy atom. The van der Waals surface area contributed by atoms with Crippen LogP contribution >= 0.6 is 0 Å². The molecule has 1 aromatic rings. The third-order valence-corrected chi connectivity index (χ3v) is 11.7. The molecule has 12 atom stereocenters. The van der Waals surface area contributed by atoms with Crippen LogP contribution in [0.4, 0.5) is 0 Å². The zero-order valence-corrected chi connectivity index (χ0v) is 29.0. The van der Waals surface area contributed by atoms with Gasteiger partial charge in [0.25, 0.3) is 6.47 Å². The number of carbonyl (C=O) groups is 6. The number of aliphatic hydroxyl groups is 3. The molecule has 1 aromatic heterocycles. The number of aliphatic hydroxyl groups excluding tert-OH is 2. The molecule has 2 heterocycles. The summed E-state index contributed by atoms with van der Waals surface area (Å²) >= 11 is 0. The second-order valence-corrected chi connectivity index (χ2v) is 14.4.